The lowest BCUT2D eigenvalue weighted by atomic mass is 10.1. The number of carbonyl (C=O) groups is 2. The zero-order valence-corrected chi connectivity index (χ0v) is 11.6. The Bertz CT molecular complexity index is 620. The highest BCUT2D eigenvalue weighted by atomic mass is 16.7. The van der Waals surface area contributed by atoms with E-state index in [9.17, 15) is 9.59 Å². The van der Waals surface area contributed by atoms with Crippen molar-refractivity contribution in [3.63, 3.8) is 0 Å². The Balaban J connectivity index is 1.85. The maximum Gasteiger partial charge on any atom is 0.231 e. The summed E-state index contributed by atoms with van der Waals surface area (Å²) in [5.41, 5.74) is 0.802. The minimum Gasteiger partial charge on any atom is -0.454 e. The van der Waals surface area contributed by atoms with Crippen LogP contribution in [0.25, 0.3) is 0 Å². The number of ketones is 1. The molecule has 2 N–H and O–H groups in total. The van der Waals surface area contributed by atoms with Gasteiger partial charge >= 0.3 is 0 Å². The molecule has 0 radical (unpaired) electrons. The summed E-state index contributed by atoms with van der Waals surface area (Å²) in [7, 11) is 0. The van der Waals surface area contributed by atoms with E-state index < -0.39 is 0 Å². The molecule has 0 aromatic heterocycles. The van der Waals surface area contributed by atoms with Gasteiger partial charge in [-0.1, -0.05) is 0 Å². The normalized spacial score (nSPS) is 16.0. The maximum atomic E-state index is 12.3. The number of benzene rings is 1. The van der Waals surface area contributed by atoms with Crippen molar-refractivity contribution in [2.45, 2.75) is 25.8 Å². The topological polar surface area (TPSA) is 76.7 Å². The van der Waals surface area contributed by atoms with E-state index in [1.807, 2.05) is 0 Å². The highest BCUT2D eigenvalue weighted by molar-refractivity contribution is 6.11. The molecule has 0 atom stereocenters. The highest BCUT2D eigenvalue weighted by Gasteiger charge is 2.21. The van der Waals surface area contributed by atoms with Gasteiger partial charge in [-0.15, -0.1) is 0 Å². The molecule has 6 heteroatoms. The second-order valence-corrected chi connectivity index (χ2v) is 5.07. The molecule has 110 valence electrons. The number of hydrogen-bond acceptors (Lipinski definition) is 5. The average Bonchev–Trinajstić information content (AvgIpc) is 3.14. The first-order valence-corrected chi connectivity index (χ1v) is 6.81. The zero-order chi connectivity index (χ0) is 14.8. The van der Waals surface area contributed by atoms with E-state index in [2.05, 4.69) is 10.6 Å². The second-order valence-electron chi connectivity index (χ2n) is 5.07. The summed E-state index contributed by atoms with van der Waals surface area (Å²) >= 11 is 0. The quantitative estimate of drug-likeness (QED) is 0.638. The van der Waals surface area contributed by atoms with Crippen LogP contribution in [0.15, 0.2) is 24.4 Å². The van der Waals surface area contributed by atoms with Crippen LogP contribution in [0.1, 0.15) is 30.1 Å². The predicted octanol–water partition coefficient (Wildman–Crippen LogP) is 1.82. The lowest BCUT2D eigenvalue weighted by molar-refractivity contribution is -0.114. The van der Waals surface area contributed by atoms with Crippen LogP contribution in [0.3, 0.4) is 0 Å². The first-order valence-electron chi connectivity index (χ1n) is 6.81. The molecule has 2 aliphatic rings. The van der Waals surface area contributed by atoms with Gasteiger partial charge in [-0.05, 0) is 18.9 Å². The molecular formula is C15H16N2O4. The van der Waals surface area contributed by atoms with Crippen molar-refractivity contribution in [2.75, 3.05) is 12.1 Å². The molecule has 1 saturated carbocycles. The molecule has 0 unspecified atom stereocenters. The van der Waals surface area contributed by atoms with Gasteiger partial charge in [0, 0.05) is 36.9 Å². The first kappa shape index (κ1) is 13.5. The van der Waals surface area contributed by atoms with E-state index in [4.69, 9.17) is 9.47 Å². The second kappa shape index (κ2) is 5.47. The van der Waals surface area contributed by atoms with E-state index >= 15 is 0 Å². The Morgan fingerprint density at radius 2 is 1.95 bits per heavy atom. The Labute approximate surface area is 122 Å². The third kappa shape index (κ3) is 3.16. The molecule has 0 saturated heterocycles. The Kier molecular flexibility index (Phi) is 3.51. The summed E-state index contributed by atoms with van der Waals surface area (Å²) in [5, 5.41) is 5.77. The molecule has 1 heterocycles. The van der Waals surface area contributed by atoms with Crippen molar-refractivity contribution in [3.8, 4) is 11.5 Å². The third-order valence-electron chi connectivity index (χ3n) is 3.23. The van der Waals surface area contributed by atoms with Crippen LogP contribution in [-0.4, -0.2) is 24.5 Å². The fraction of sp³-hybridized carbons (Fsp3) is 0.333. The van der Waals surface area contributed by atoms with E-state index in [-0.39, 0.29) is 18.5 Å². The molecule has 1 aliphatic carbocycles. The van der Waals surface area contributed by atoms with Crippen LogP contribution in [0.4, 0.5) is 5.69 Å². The molecule has 0 bridgehead atoms. The third-order valence-corrected chi connectivity index (χ3v) is 3.23. The highest BCUT2D eigenvalue weighted by Crippen LogP contribution is 2.37. The van der Waals surface area contributed by atoms with Crippen LogP contribution in [0.2, 0.25) is 0 Å². The van der Waals surface area contributed by atoms with Crippen LogP contribution < -0.4 is 20.1 Å². The van der Waals surface area contributed by atoms with E-state index in [0.717, 1.165) is 12.8 Å². The summed E-state index contributed by atoms with van der Waals surface area (Å²) in [6.07, 6.45) is 5.39. The standard InChI is InChI=1S/C15H16N2O4/c1-9(18)17-12-7-15-14(20-8-21-15)6-11(12)13(19)4-5-16-10-2-3-10/h4-7,10,16H,2-3,8H2,1H3,(H,17,18)/b5-4+. The minimum atomic E-state index is -0.247. The smallest absolute Gasteiger partial charge is 0.231 e. The van der Waals surface area contributed by atoms with Crippen LogP contribution in [-0.2, 0) is 4.79 Å². The number of amides is 1. The van der Waals surface area contributed by atoms with Crippen molar-refractivity contribution in [3.05, 3.63) is 30.0 Å². The number of nitrogens with one attached hydrogen (secondary N) is 2. The summed E-state index contributed by atoms with van der Waals surface area (Å²) in [6, 6.07) is 3.69. The molecule has 1 fully saturated rings. The summed E-state index contributed by atoms with van der Waals surface area (Å²) in [4.78, 5) is 23.5. The summed E-state index contributed by atoms with van der Waals surface area (Å²) < 4.78 is 10.5. The van der Waals surface area contributed by atoms with Gasteiger partial charge < -0.3 is 20.1 Å². The Hall–Kier alpha value is -2.50. The van der Waals surface area contributed by atoms with Gasteiger partial charge in [-0.25, -0.2) is 0 Å². The molecule has 1 aromatic carbocycles. The largest absolute Gasteiger partial charge is 0.454 e. The number of carbonyl (C=O) groups excluding carboxylic acids is 2. The lowest BCUT2D eigenvalue weighted by Gasteiger charge is -2.09. The van der Waals surface area contributed by atoms with Gasteiger partial charge in [0.25, 0.3) is 0 Å². The minimum absolute atomic E-state index is 0.117. The van der Waals surface area contributed by atoms with Crippen LogP contribution in [0, 0.1) is 0 Å². The number of rotatable bonds is 5. The van der Waals surface area contributed by atoms with Crippen molar-refractivity contribution >= 4 is 17.4 Å². The number of anilines is 1. The molecular weight excluding hydrogens is 272 g/mol. The predicted molar refractivity (Wildman–Crippen MR) is 76.5 cm³/mol. The molecule has 1 aliphatic heterocycles. The van der Waals surface area contributed by atoms with Gasteiger partial charge in [0.1, 0.15) is 0 Å². The first-order chi connectivity index (χ1) is 10.1. The van der Waals surface area contributed by atoms with Gasteiger partial charge in [0.05, 0.1) is 5.69 Å². The van der Waals surface area contributed by atoms with Crippen molar-refractivity contribution in [1.82, 2.24) is 5.32 Å². The van der Waals surface area contributed by atoms with Gasteiger partial charge in [-0.2, -0.15) is 0 Å². The monoisotopic (exact) mass is 288 g/mol. The number of hydrogen-bond donors (Lipinski definition) is 2. The number of fused-ring (bicyclic) bond motifs is 1. The molecule has 0 spiro atoms. The number of allylic oxidation sites excluding steroid dienone is 1. The van der Waals surface area contributed by atoms with E-state index in [1.54, 1.807) is 18.3 Å². The van der Waals surface area contributed by atoms with Crippen LogP contribution >= 0.6 is 0 Å². The van der Waals surface area contributed by atoms with E-state index in [1.165, 1.54) is 13.0 Å². The molecule has 1 amide bonds. The lowest BCUT2D eigenvalue weighted by Crippen LogP contribution is -2.11. The summed E-state index contributed by atoms with van der Waals surface area (Å²) in [5.74, 6) is 0.583. The zero-order valence-electron chi connectivity index (χ0n) is 11.6. The molecule has 1 aromatic rings. The van der Waals surface area contributed by atoms with Crippen molar-refractivity contribution in [1.29, 1.82) is 0 Å². The van der Waals surface area contributed by atoms with Crippen molar-refractivity contribution in [2.24, 2.45) is 0 Å². The molecule has 21 heavy (non-hydrogen) atoms. The molecule has 3 rings (SSSR count). The van der Waals surface area contributed by atoms with E-state index in [0.29, 0.717) is 28.8 Å². The SMILES string of the molecule is CC(=O)Nc1cc2c(cc1C(=O)/C=C/NC1CC1)OCO2. The Morgan fingerprint density at radius 1 is 1.24 bits per heavy atom. The fourth-order valence-corrected chi connectivity index (χ4v) is 2.04. The van der Waals surface area contributed by atoms with Gasteiger partial charge in [-0.3, -0.25) is 9.59 Å². The fourth-order valence-electron chi connectivity index (χ4n) is 2.04. The van der Waals surface area contributed by atoms with Gasteiger partial charge in [0.2, 0.25) is 12.7 Å². The van der Waals surface area contributed by atoms with Crippen LogP contribution in [0.5, 0.6) is 11.5 Å². The number of ether oxygens (including phenoxy) is 2. The average molecular weight is 288 g/mol. The van der Waals surface area contributed by atoms with Gasteiger partial charge in [0.15, 0.2) is 17.3 Å². The Morgan fingerprint density at radius 3 is 2.62 bits per heavy atom. The summed E-state index contributed by atoms with van der Waals surface area (Å²) in [6.45, 7) is 1.51. The molecule has 6 nitrogen and oxygen atoms in total. The van der Waals surface area contributed by atoms with Crippen molar-refractivity contribution < 1.29 is 19.1 Å². The maximum absolute atomic E-state index is 12.3.